The molecule has 7 unspecified atom stereocenters. The van der Waals surface area contributed by atoms with Crippen LogP contribution in [-0.2, 0) is 35.1 Å². The van der Waals surface area contributed by atoms with Crippen molar-refractivity contribution in [1.82, 2.24) is 4.90 Å². The lowest BCUT2D eigenvalue weighted by atomic mass is 9.55. The maximum atomic E-state index is 14.8. The summed E-state index contributed by atoms with van der Waals surface area (Å²) in [6.45, 7) is 5.48. The molecular formula is C53H70N2O12S. The summed E-state index contributed by atoms with van der Waals surface area (Å²) in [6, 6.07) is 22.8. The molecule has 0 spiro atoms. The minimum absolute atomic E-state index is 0.0112. The number of unbranched alkanes of at least 4 members (excludes halogenated alkanes) is 2. The van der Waals surface area contributed by atoms with Crippen molar-refractivity contribution in [2.75, 3.05) is 72.3 Å². The largest absolute Gasteiger partial charge is 0.459 e. The maximum Gasteiger partial charge on any atom is 0.410 e. The van der Waals surface area contributed by atoms with Gasteiger partial charge in [-0.25, -0.2) is 4.79 Å². The van der Waals surface area contributed by atoms with Gasteiger partial charge >= 0.3 is 6.09 Å². The summed E-state index contributed by atoms with van der Waals surface area (Å²) in [6.07, 6.45) is 12.1. The van der Waals surface area contributed by atoms with Gasteiger partial charge in [-0.05, 0) is 110 Å². The van der Waals surface area contributed by atoms with Crippen molar-refractivity contribution in [3.05, 3.63) is 108 Å². The first kappa shape index (κ1) is 51.4. The lowest BCUT2D eigenvalue weighted by Crippen LogP contribution is -2.70. The van der Waals surface area contributed by atoms with Crippen molar-refractivity contribution < 1.29 is 58.1 Å². The van der Waals surface area contributed by atoms with Gasteiger partial charge in [-0.2, -0.15) is 0 Å². The highest BCUT2D eigenvalue weighted by atomic mass is 32.2. The van der Waals surface area contributed by atoms with Crippen molar-refractivity contribution in [2.24, 2.45) is 22.9 Å². The van der Waals surface area contributed by atoms with E-state index in [1.165, 1.54) is 0 Å². The average molecular weight is 959 g/mol. The molecule has 3 aromatic carbocycles. The number of allylic oxidation sites excluding steroid dienone is 1. The number of nitrogens with zero attached hydrogens (tertiary/aromatic N) is 2. The number of benzene rings is 3. The Bertz CT molecular complexity index is 2080. The number of thioether (sulfide) groups is 1. The van der Waals surface area contributed by atoms with E-state index in [1.54, 1.807) is 22.7 Å². The third-order valence-electron chi connectivity index (χ3n) is 13.2. The SMILES string of the molecule is C=CCOC12Oc3ccc(Oc4ccc(SC)cc4)cc3C3C(CCCCO)C(CCCCO)C=C(C(=NOC4CCCCO4)CC1N(CCOCCO)C(=O)OCCOCc1ccccc1)C32. The molecule has 3 N–H and O–H groups in total. The second-order valence-corrected chi connectivity index (χ2v) is 18.5. The van der Waals surface area contributed by atoms with Crippen molar-refractivity contribution in [3.63, 3.8) is 0 Å². The number of amides is 1. The van der Waals surface area contributed by atoms with E-state index in [0.29, 0.717) is 55.4 Å². The minimum Gasteiger partial charge on any atom is -0.459 e. The molecule has 3 aromatic rings. The second-order valence-electron chi connectivity index (χ2n) is 17.6. The number of ether oxygens (including phenoxy) is 7. The Morgan fingerprint density at radius 3 is 2.44 bits per heavy atom. The zero-order valence-corrected chi connectivity index (χ0v) is 40.2. The van der Waals surface area contributed by atoms with Gasteiger partial charge in [-0.15, -0.1) is 18.3 Å². The van der Waals surface area contributed by atoms with Crippen LogP contribution in [0.4, 0.5) is 4.79 Å². The molecule has 1 saturated carbocycles. The minimum atomic E-state index is -1.51. The van der Waals surface area contributed by atoms with Crippen LogP contribution in [0.1, 0.15) is 81.3 Å². The smallest absolute Gasteiger partial charge is 0.410 e. The van der Waals surface area contributed by atoms with Gasteiger partial charge in [0.15, 0.2) is 0 Å². The molecule has 14 nitrogen and oxygen atoms in total. The van der Waals surface area contributed by atoms with Gasteiger partial charge in [0.25, 0.3) is 0 Å². The molecule has 2 fully saturated rings. The summed E-state index contributed by atoms with van der Waals surface area (Å²) in [5, 5.41) is 34.6. The molecular weight excluding hydrogens is 889 g/mol. The second kappa shape index (κ2) is 26.5. The third kappa shape index (κ3) is 13.0. The molecule has 2 heterocycles. The van der Waals surface area contributed by atoms with Gasteiger partial charge in [0.2, 0.25) is 12.1 Å². The Hall–Kier alpha value is -4.45. The van der Waals surface area contributed by atoms with Crippen LogP contribution in [-0.4, -0.2) is 122 Å². The van der Waals surface area contributed by atoms with E-state index >= 15 is 0 Å². The molecule has 7 atom stereocenters. The summed E-state index contributed by atoms with van der Waals surface area (Å²) in [5.74, 6) is -0.333. The van der Waals surface area contributed by atoms with Crippen LogP contribution in [0, 0.1) is 17.8 Å². The zero-order valence-electron chi connectivity index (χ0n) is 39.4. The first-order valence-electron chi connectivity index (χ1n) is 24.3. The van der Waals surface area contributed by atoms with Gasteiger partial charge in [0.1, 0.15) is 29.9 Å². The Morgan fingerprint density at radius 1 is 0.912 bits per heavy atom. The molecule has 7 rings (SSSR count). The van der Waals surface area contributed by atoms with Crippen molar-refractivity contribution >= 4 is 23.6 Å². The number of rotatable bonds is 27. The van der Waals surface area contributed by atoms with Gasteiger partial charge in [-0.3, -0.25) is 4.90 Å². The van der Waals surface area contributed by atoms with Crippen molar-refractivity contribution in [3.8, 4) is 17.2 Å². The normalized spacial score (nSPS) is 24.5. The number of carbonyl (C=O) groups excluding carboxylic acids is 1. The van der Waals surface area contributed by atoms with E-state index in [-0.39, 0.29) is 83.6 Å². The lowest BCUT2D eigenvalue weighted by Gasteiger charge is -2.59. The number of hydrogen-bond donors (Lipinski definition) is 3. The van der Waals surface area contributed by atoms with E-state index in [2.05, 4.69) is 18.7 Å². The first-order chi connectivity index (χ1) is 33.4. The molecule has 370 valence electrons. The Labute approximate surface area is 405 Å². The highest BCUT2D eigenvalue weighted by molar-refractivity contribution is 7.98. The number of aliphatic hydroxyl groups is 3. The molecule has 68 heavy (non-hydrogen) atoms. The summed E-state index contributed by atoms with van der Waals surface area (Å²) in [7, 11) is 0. The van der Waals surface area contributed by atoms with Crippen LogP contribution in [0.15, 0.2) is 107 Å². The number of carbonyl (C=O) groups is 1. The van der Waals surface area contributed by atoms with Crippen LogP contribution < -0.4 is 9.47 Å². The zero-order chi connectivity index (χ0) is 47.6. The fourth-order valence-corrected chi connectivity index (χ4v) is 10.6. The third-order valence-corrected chi connectivity index (χ3v) is 14.0. The quantitative estimate of drug-likeness (QED) is 0.0287. The molecule has 2 aliphatic carbocycles. The van der Waals surface area contributed by atoms with E-state index in [9.17, 15) is 20.1 Å². The van der Waals surface area contributed by atoms with Gasteiger partial charge in [0.05, 0.1) is 57.9 Å². The fraction of sp³-hybridized carbons (Fsp3) is 0.547. The Balaban J connectivity index is 1.35. The maximum absolute atomic E-state index is 14.8. The molecule has 4 aliphatic rings. The van der Waals surface area contributed by atoms with Crippen LogP contribution in [0.5, 0.6) is 17.2 Å². The van der Waals surface area contributed by atoms with E-state index in [4.69, 9.17) is 43.2 Å². The topological polar surface area (TPSA) is 167 Å². The predicted octanol–water partition coefficient (Wildman–Crippen LogP) is 9.03. The summed E-state index contributed by atoms with van der Waals surface area (Å²) < 4.78 is 44.9. The number of fused-ring (bicyclic) bond motifs is 2. The molecule has 0 bridgehead atoms. The van der Waals surface area contributed by atoms with Crippen LogP contribution in [0.25, 0.3) is 0 Å². The number of oxime groups is 1. The Kier molecular flexibility index (Phi) is 20.0. The molecule has 1 amide bonds. The van der Waals surface area contributed by atoms with Crippen molar-refractivity contribution in [2.45, 2.75) is 99.7 Å². The van der Waals surface area contributed by atoms with Gasteiger partial charge < -0.3 is 53.3 Å². The molecule has 0 aromatic heterocycles. The van der Waals surface area contributed by atoms with Gasteiger partial charge in [-0.1, -0.05) is 60.5 Å². The lowest BCUT2D eigenvalue weighted by molar-refractivity contribution is -0.256. The Morgan fingerprint density at radius 2 is 1.71 bits per heavy atom. The highest BCUT2D eigenvalue weighted by Gasteiger charge is 2.65. The highest BCUT2D eigenvalue weighted by Crippen LogP contribution is 2.62. The summed E-state index contributed by atoms with van der Waals surface area (Å²) in [5.41, 5.74) is 3.49. The van der Waals surface area contributed by atoms with Crippen LogP contribution in [0.3, 0.4) is 0 Å². The standard InChI is InChI=1S/C53H70N2O12S/c1-3-28-64-53-48(55(24-30-60-31-27-58)52(59)63-33-32-61-37-38-13-5-4-6-14-38)36-46(54-67-49-17-9-12-29-62-49)44-34-39(15-7-10-25-56)43(16-8-11-26-57)50(51(44)53)45-35-41(20-23-47(45)66-53)65-40-18-21-42(68-2)22-19-40/h3-6,13-14,18-23,34-35,39,43,48-51,56-58H,1,7-12,15-17,24-33,36-37H2,2H3. The number of hydrogen-bond acceptors (Lipinski definition) is 14. The molecule has 0 radical (unpaired) electrons. The van der Waals surface area contributed by atoms with E-state index in [0.717, 1.165) is 60.1 Å². The molecule has 2 aliphatic heterocycles. The van der Waals surface area contributed by atoms with Crippen LogP contribution in [0.2, 0.25) is 0 Å². The monoisotopic (exact) mass is 958 g/mol. The summed E-state index contributed by atoms with van der Waals surface area (Å²) >= 11 is 1.66. The number of aliphatic hydroxyl groups excluding tert-OH is 3. The first-order valence-corrected chi connectivity index (χ1v) is 25.6. The van der Waals surface area contributed by atoms with E-state index in [1.807, 2.05) is 73.0 Å². The van der Waals surface area contributed by atoms with Gasteiger partial charge in [0, 0.05) is 49.0 Å². The van der Waals surface area contributed by atoms with Crippen LogP contribution >= 0.6 is 11.8 Å². The fourth-order valence-electron chi connectivity index (χ4n) is 10.1. The molecule has 15 heteroatoms. The average Bonchev–Trinajstić information content (AvgIpc) is 3.37. The summed E-state index contributed by atoms with van der Waals surface area (Å²) in [4.78, 5) is 23.8. The van der Waals surface area contributed by atoms with E-state index < -0.39 is 30.1 Å². The molecule has 1 saturated heterocycles. The van der Waals surface area contributed by atoms with Crippen molar-refractivity contribution in [1.29, 1.82) is 0 Å². The predicted molar refractivity (Wildman–Crippen MR) is 260 cm³/mol.